The lowest BCUT2D eigenvalue weighted by Gasteiger charge is -2.31. The smallest absolute Gasteiger partial charge is 0.161 e. The second-order valence-corrected chi connectivity index (χ2v) is 5.86. The van der Waals surface area contributed by atoms with Crippen molar-refractivity contribution in [2.24, 2.45) is 0 Å². The van der Waals surface area contributed by atoms with Gasteiger partial charge in [-0.25, -0.2) is 0 Å². The van der Waals surface area contributed by atoms with E-state index >= 15 is 0 Å². The highest BCUT2D eigenvalue weighted by Gasteiger charge is 2.24. The third-order valence-electron chi connectivity index (χ3n) is 3.75. The third kappa shape index (κ3) is 2.77. The average Bonchev–Trinajstić information content (AvgIpc) is 2.83. The van der Waals surface area contributed by atoms with Gasteiger partial charge in [-0.15, -0.1) is 0 Å². The quantitative estimate of drug-likeness (QED) is 0.767. The summed E-state index contributed by atoms with van der Waals surface area (Å²) >= 11 is 3.51. The molecule has 0 radical (unpaired) electrons. The molecule has 0 N–H and O–H groups in total. The van der Waals surface area contributed by atoms with E-state index < -0.39 is 0 Å². The number of carbonyl (C=O) groups is 1. The summed E-state index contributed by atoms with van der Waals surface area (Å²) in [5.74, 6) is 0.147. The number of benzene rings is 1. The number of nitrogens with zero attached hydrogens (tertiary/aromatic N) is 1. The Kier molecular flexibility index (Phi) is 4.44. The molecule has 1 aromatic carbocycles. The Bertz CT molecular complexity index is 438. The van der Waals surface area contributed by atoms with Crippen LogP contribution in [0.1, 0.15) is 49.9 Å². The maximum absolute atomic E-state index is 11.8. The van der Waals surface area contributed by atoms with Crippen molar-refractivity contribution < 1.29 is 4.79 Å². The van der Waals surface area contributed by atoms with Gasteiger partial charge in [-0.05, 0) is 44.9 Å². The van der Waals surface area contributed by atoms with E-state index in [1.165, 1.54) is 25.7 Å². The van der Waals surface area contributed by atoms with Crippen LogP contribution < -0.4 is 4.90 Å². The Morgan fingerprint density at radius 3 is 2.61 bits per heavy atom. The van der Waals surface area contributed by atoms with Crippen molar-refractivity contribution >= 4 is 27.4 Å². The molecule has 0 aromatic heterocycles. The second-order valence-electron chi connectivity index (χ2n) is 4.94. The van der Waals surface area contributed by atoms with E-state index in [9.17, 15) is 4.79 Å². The molecule has 1 aliphatic carbocycles. The van der Waals surface area contributed by atoms with Crippen molar-refractivity contribution in [3.63, 3.8) is 0 Å². The van der Waals surface area contributed by atoms with Gasteiger partial charge in [0.25, 0.3) is 0 Å². The first kappa shape index (κ1) is 13.6. The van der Waals surface area contributed by atoms with Crippen LogP contribution in [0.5, 0.6) is 0 Å². The number of hydrogen-bond acceptors (Lipinski definition) is 2. The normalized spacial score (nSPS) is 15.9. The number of halogens is 1. The third-order valence-corrected chi connectivity index (χ3v) is 4.25. The van der Waals surface area contributed by atoms with Crippen molar-refractivity contribution in [1.82, 2.24) is 0 Å². The Labute approximate surface area is 117 Å². The molecule has 0 amide bonds. The van der Waals surface area contributed by atoms with Crippen LogP contribution in [0.25, 0.3) is 0 Å². The van der Waals surface area contributed by atoms with Gasteiger partial charge in [0.2, 0.25) is 0 Å². The number of anilines is 1. The van der Waals surface area contributed by atoms with Gasteiger partial charge < -0.3 is 4.90 Å². The molecule has 0 saturated heterocycles. The van der Waals surface area contributed by atoms with Gasteiger partial charge in [0.15, 0.2) is 5.78 Å². The van der Waals surface area contributed by atoms with E-state index in [-0.39, 0.29) is 5.78 Å². The first-order chi connectivity index (χ1) is 8.63. The van der Waals surface area contributed by atoms with Crippen LogP contribution in [-0.2, 0) is 0 Å². The molecule has 0 heterocycles. The predicted octanol–water partition coefficient (Wildman–Crippen LogP) is 4.42. The fraction of sp³-hybridized carbons (Fsp3) is 0.533. The Morgan fingerprint density at radius 2 is 2.06 bits per heavy atom. The topological polar surface area (TPSA) is 20.3 Å². The lowest BCUT2D eigenvalue weighted by Crippen LogP contribution is -2.34. The molecule has 1 fully saturated rings. The Morgan fingerprint density at radius 1 is 1.39 bits per heavy atom. The van der Waals surface area contributed by atoms with Crippen LogP contribution in [-0.4, -0.2) is 18.4 Å². The van der Waals surface area contributed by atoms with Crippen LogP contribution in [0.4, 0.5) is 5.69 Å². The SMILES string of the molecule is CCN(c1cc(Br)ccc1C(C)=O)C1CCCC1. The fourth-order valence-corrected chi connectivity index (χ4v) is 3.23. The van der Waals surface area contributed by atoms with Gasteiger partial charge in [0.1, 0.15) is 0 Å². The molecular weight excluding hydrogens is 290 g/mol. The largest absolute Gasteiger partial charge is 0.368 e. The molecule has 0 aliphatic heterocycles. The van der Waals surface area contributed by atoms with E-state index in [0.717, 1.165) is 22.3 Å². The van der Waals surface area contributed by atoms with Crippen LogP contribution in [0, 0.1) is 0 Å². The summed E-state index contributed by atoms with van der Waals surface area (Å²) in [6.45, 7) is 4.78. The minimum atomic E-state index is 0.147. The number of rotatable bonds is 4. The van der Waals surface area contributed by atoms with Gasteiger partial charge >= 0.3 is 0 Å². The summed E-state index contributed by atoms with van der Waals surface area (Å²) in [7, 11) is 0. The van der Waals surface area contributed by atoms with E-state index in [1.54, 1.807) is 6.92 Å². The molecule has 1 aliphatic rings. The summed E-state index contributed by atoms with van der Waals surface area (Å²) in [6, 6.07) is 6.56. The standard InChI is InChI=1S/C15H20BrNO/c1-3-17(13-6-4-5-7-13)15-10-12(16)8-9-14(15)11(2)18/h8-10,13H,3-7H2,1-2H3. The molecule has 98 valence electrons. The summed E-state index contributed by atoms with van der Waals surface area (Å²) in [5.41, 5.74) is 1.93. The molecule has 0 atom stereocenters. The molecule has 0 bridgehead atoms. The molecule has 1 saturated carbocycles. The summed E-state index contributed by atoms with van der Waals surface area (Å²) in [5, 5.41) is 0. The average molecular weight is 310 g/mol. The highest BCUT2D eigenvalue weighted by atomic mass is 79.9. The van der Waals surface area contributed by atoms with E-state index in [1.807, 2.05) is 12.1 Å². The summed E-state index contributed by atoms with van der Waals surface area (Å²) in [4.78, 5) is 14.2. The Balaban J connectivity index is 2.39. The van der Waals surface area contributed by atoms with Gasteiger partial charge in [0, 0.05) is 28.3 Å². The van der Waals surface area contributed by atoms with Gasteiger partial charge in [-0.2, -0.15) is 0 Å². The highest BCUT2D eigenvalue weighted by molar-refractivity contribution is 9.10. The molecule has 0 unspecified atom stereocenters. The van der Waals surface area contributed by atoms with Crippen LogP contribution in [0.15, 0.2) is 22.7 Å². The van der Waals surface area contributed by atoms with Crippen molar-refractivity contribution in [1.29, 1.82) is 0 Å². The van der Waals surface area contributed by atoms with Crippen molar-refractivity contribution in [3.05, 3.63) is 28.2 Å². The maximum atomic E-state index is 11.8. The minimum absolute atomic E-state index is 0.147. The van der Waals surface area contributed by atoms with Crippen molar-refractivity contribution in [2.75, 3.05) is 11.4 Å². The zero-order valence-corrected chi connectivity index (χ0v) is 12.7. The maximum Gasteiger partial charge on any atom is 0.161 e. The fourth-order valence-electron chi connectivity index (χ4n) is 2.88. The lowest BCUT2D eigenvalue weighted by atomic mass is 10.1. The van der Waals surface area contributed by atoms with Gasteiger partial charge in [-0.1, -0.05) is 28.8 Å². The van der Waals surface area contributed by atoms with Crippen LogP contribution in [0.3, 0.4) is 0 Å². The zero-order valence-electron chi connectivity index (χ0n) is 11.1. The van der Waals surface area contributed by atoms with Crippen molar-refractivity contribution in [3.8, 4) is 0 Å². The van der Waals surface area contributed by atoms with E-state index in [4.69, 9.17) is 0 Å². The van der Waals surface area contributed by atoms with Crippen LogP contribution >= 0.6 is 15.9 Å². The number of ketones is 1. The first-order valence-electron chi connectivity index (χ1n) is 6.70. The zero-order chi connectivity index (χ0) is 13.1. The highest BCUT2D eigenvalue weighted by Crippen LogP contribution is 2.32. The van der Waals surface area contributed by atoms with E-state index in [0.29, 0.717) is 6.04 Å². The first-order valence-corrected chi connectivity index (χ1v) is 7.50. The molecular formula is C15H20BrNO. The monoisotopic (exact) mass is 309 g/mol. The molecule has 1 aromatic rings. The number of carbonyl (C=O) groups excluding carboxylic acids is 1. The van der Waals surface area contributed by atoms with Crippen molar-refractivity contribution in [2.45, 2.75) is 45.6 Å². The van der Waals surface area contributed by atoms with Crippen LogP contribution in [0.2, 0.25) is 0 Å². The second kappa shape index (κ2) is 5.87. The molecule has 0 spiro atoms. The lowest BCUT2D eigenvalue weighted by molar-refractivity contribution is 0.101. The number of hydrogen-bond donors (Lipinski definition) is 0. The van der Waals surface area contributed by atoms with Gasteiger partial charge in [-0.3, -0.25) is 4.79 Å². The molecule has 3 heteroatoms. The summed E-state index contributed by atoms with van der Waals surface area (Å²) < 4.78 is 1.04. The molecule has 2 rings (SSSR count). The molecule has 18 heavy (non-hydrogen) atoms. The van der Waals surface area contributed by atoms with E-state index in [2.05, 4.69) is 33.8 Å². The van der Waals surface area contributed by atoms with Gasteiger partial charge in [0.05, 0.1) is 0 Å². The predicted molar refractivity (Wildman–Crippen MR) is 79.4 cm³/mol. The number of Topliss-reactive ketones (excluding diaryl/α,β-unsaturated/α-hetero) is 1. The molecule has 2 nitrogen and oxygen atoms in total. The summed E-state index contributed by atoms with van der Waals surface area (Å²) in [6.07, 6.45) is 5.12. The minimum Gasteiger partial charge on any atom is -0.368 e. The Hall–Kier alpha value is -0.830.